The van der Waals surface area contributed by atoms with Gasteiger partial charge in [0, 0.05) is 31.7 Å². The maximum atomic E-state index is 15.2. The third kappa shape index (κ3) is 30.1. The zero-order valence-corrected chi connectivity index (χ0v) is 68.4. The highest BCUT2D eigenvalue weighted by Gasteiger charge is 2.45. The van der Waals surface area contributed by atoms with Gasteiger partial charge in [0.05, 0.1) is 12.1 Å². The number of aliphatic hydroxyl groups excluding tert-OH is 1. The Morgan fingerprint density at radius 3 is 1.69 bits per heavy atom. The Labute approximate surface area is 646 Å². The maximum Gasteiger partial charge on any atom is 0.329 e. The summed E-state index contributed by atoms with van der Waals surface area (Å²) in [6, 6.07) is -6.00. The lowest BCUT2D eigenvalue weighted by Gasteiger charge is -2.33. The molecule has 0 bridgehead atoms. The number of Topliss-reactive ketones (excluding diaryl/α,β-unsaturated/α-hetero) is 1. The van der Waals surface area contributed by atoms with Crippen molar-refractivity contribution in [2.75, 3.05) is 13.1 Å². The van der Waals surface area contributed by atoms with Crippen LogP contribution in [0.15, 0.2) is 42.1 Å². The van der Waals surface area contributed by atoms with Crippen LogP contribution in [0.1, 0.15) is 221 Å². The number of ketones is 1. The van der Waals surface area contributed by atoms with E-state index in [1.807, 2.05) is 13.8 Å². The van der Waals surface area contributed by atoms with Crippen LogP contribution in [0.25, 0.3) is 0 Å². The van der Waals surface area contributed by atoms with Gasteiger partial charge in [-0.2, -0.15) is 0 Å². The number of carbonyl (C=O) groups excluding carboxylic acids is 14. The number of nitrogens with two attached hydrogens (primary N) is 1. The van der Waals surface area contributed by atoms with Gasteiger partial charge in [-0.3, -0.25) is 62.3 Å². The normalized spacial score (nSPS) is 22.3. The Morgan fingerprint density at radius 1 is 0.596 bits per heavy atom. The molecule has 0 saturated carbocycles. The molecule has 1 aromatic rings. The van der Waals surface area contributed by atoms with Gasteiger partial charge in [0.2, 0.25) is 65.0 Å². The molecule has 29 nitrogen and oxygen atoms in total. The summed E-state index contributed by atoms with van der Waals surface area (Å²) >= 11 is 0. The van der Waals surface area contributed by atoms with Crippen molar-refractivity contribution in [1.29, 1.82) is 0 Å². The largest absolute Gasteiger partial charge is 0.458 e. The van der Waals surface area contributed by atoms with Crippen molar-refractivity contribution >= 4 is 82.6 Å². The highest BCUT2D eigenvalue weighted by atomic mass is 16.5. The lowest BCUT2D eigenvalue weighted by atomic mass is 9.90. The van der Waals surface area contributed by atoms with E-state index in [1.54, 1.807) is 141 Å². The van der Waals surface area contributed by atoms with Crippen molar-refractivity contribution in [3.63, 3.8) is 0 Å². The molecule has 2 heterocycles. The van der Waals surface area contributed by atoms with Crippen molar-refractivity contribution in [3.8, 4) is 0 Å². The van der Waals surface area contributed by atoms with Gasteiger partial charge in [-0.25, -0.2) is 4.79 Å². The van der Waals surface area contributed by atoms with E-state index in [0.29, 0.717) is 56.6 Å². The molecule has 14 N–H and O–H groups in total. The van der Waals surface area contributed by atoms with E-state index in [9.17, 15) is 57.8 Å². The lowest BCUT2D eigenvalue weighted by molar-refractivity contribution is -0.157. The second-order valence-corrected chi connectivity index (χ2v) is 32.3. The molecule has 2 saturated heterocycles. The fraction of sp³-hybridized carbons (Fsp3) is 0.725. The van der Waals surface area contributed by atoms with Crippen LogP contribution in [0.2, 0.25) is 0 Å². The number of allylic oxidation sites excluding steroid dienone is 1. The van der Waals surface area contributed by atoms with E-state index in [-0.39, 0.29) is 62.6 Å². The quantitative estimate of drug-likeness (QED) is 0.0250. The zero-order valence-electron chi connectivity index (χ0n) is 68.4. The molecule has 12 amide bonds. The van der Waals surface area contributed by atoms with Crippen LogP contribution in [0.4, 0.5) is 0 Å². The van der Waals surface area contributed by atoms with Crippen LogP contribution >= 0.6 is 0 Å². The molecule has 2 fully saturated rings. The Balaban J connectivity index is 2.06. The number of rotatable bonds is 37. The first-order valence-corrected chi connectivity index (χ1v) is 39.6. The van der Waals surface area contributed by atoms with Crippen molar-refractivity contribution in [3.05, 3.63) is 47.7 Å². The second kappa shape index (κ2) is 46.4. The van der Waals surface area contributed by atoms with Crippen LogP contribution < -0.4 is 64.2 Å². The van der Waals surface area contributed by atoms with Gasteiger partial charge in [0.15, 0.2) is 5.78 Å². The summed E-state index contributed by atoms with van der Waals surface area (Å²) in [6.45, 7) is 34.4. The molecule has 3 rings (SSSR count). The number of hydrogen-bond donors (Lipinski definition) is 13. The summed E-state index contributed by atoms with van der Waals surface area (Å²) in [7, 11) is 0. The Morgan fingerprint density at radius 2 is 1.15 bits per heavy atom. The Bertz CT molecular complexity index is 3250. The molecular weight excluding hydrogens is 1400 g/mol. The number of ether oxygens (including phenoxy) is 1. The molecule has 0 unspecified atom stereocenters. The number of nitrogens with one attached hydrogen (secondary N) is 11. The Kier molecular flexibility index (Phi) is 40.3. The topological polar surface area (TPSA) is 430 Å². The number of hydrogen-bond acceptors (Lipinski definition) is 17. The maximum absolute atomic E-state index is 15.2. The number of carbonyl (C=O) groups is 14. The SMILES string of the molecule is CC[C@H](C)[C@@H](NC(=O)[C@H](CCCCCN)CC(=O)[C@H]1CCCN1C(=O)[C@H](NC(=O)[C@@H](NC(=O)[C@@H](NC(=O)[C@H](NC(=O)CCCC(C)C)C(C)C)[C@@H](C)O)C(C)C)C(C)C)C(=O)N[C@H]1C(=O)N[C@H]([C@@H](C)CC)C(=O)N[C@H](C(C)C)C(=O)N[C@@H](Cc2ccccc2)C(=O)N/C(=C\C(C)C)C(=O)N[C@@H](C(C)C)C(=O)O[C@H]1C. The standard InChI is InChI=1S/C80H133N13O16/c1-21-49(17)65(76(104)92-68-52(20)109-80(108)64(48(15)16)88-71(99)55(39-43(5)6)82-70(98)56(40-53-32-25-23-26-33-53)83-72(100)61(45(9)10)85-75(103)66(50(18)22-2)90-78(68)106)89-69(97)54(34-27-24-28-37-81)41-58(95)57-35-30-38-93(57)79(107)63(47(13)14)87-74(102)62(46(11)12)86-77(105)67(51(19)94)91-73(101)60(44(7)8)84-59(96)36-29-31-42(3)4/h23,25-26,32-33,39,42-52,54,56-57,60-68,94H,21-22,24,27-31,34-38,40-41,81H2,1-20H3,(H,82,98)(H,83,100)(H,84,96)(H,85,103)(H,86,105)(H,87,102)(H,88,99)(H,89,97)(H,90,106)(H,91,101)(H,92,104)/b55-39-/t49-,50-,51+,52-,54+,56-,57+,60+,61+,62-,63+,64-,65+,66+,67-,68+/m0/s1. The third-order valence-corrected chi connectivity index (χ3v) is 20.3. The predicted octanol–water partition coefficient (Wildman–Crippen LogP) is 4.34. The molecule has 614 valence electrons. The van der Waals surface area contributed by atoms with Crippen molar-refractivity contribution in [2.24, 2.45) is 64.9 Å². The van der Waals surface area contributed by atoms with Gasteiger partial charge in [-0.05, 0) is 111 Å². The minimum Gasteiger partial charge on any atom is -0.458 e. The monoisotopic (exact) mass is 1530 g/mol. The van der Waals surface area contributed by atoms with Gasteiger partial charge in [0.25, 0.3) is 5.91 Å². The highest BCUT2D eigenvalue weighted by molar-refractivity contribution is 6.03. The number of aliphatic hydroxyl groups is 1. The average molecular weight is 1530 g/mol. The van der Waals surface area contributed by atoms with Gasteiger partial charge in [0.1, 0.15) is 72.2 Å². The van der Waals surface area contributed by atoms with Gasteiger partial charge < -0.3 is 79.0 Å². The fourth-order valence-corrected chi connectivity index (χ4v) is 13.0. The average Bonchev–Trinajstić information content (AvgIpc) is 1.74. The van der Waals surface area contributed by atoms with Crippen LogP contribution in [0.5, 0.6) is 0 Å². The number of nitrogens with zero attached hydrogens (tertiary/aromatic N) is 1. The summed E-state index contributed by atoms with van der Waals surface area (Å²) in [5.74, 6) is -15.8. The molecule has 16 atom stereocenters. The molecule has 0 aromatic heterocycles. The number of cyclic esters (lactones) is 1. The fourth-order valence-electron chi connectivity index (χ4n) is 13.0. The van der Waals surface area contributed by atoms with Crippen molar-refractivity contribution < 1.29 is 77.0 Å². The van der Waals surface area contributed by atoms with E-state index in [1.165, 1.54) is 24.8 Å². The number of benzene rings is 1. The summed E-state index contributed by atoms with van der Waals surface area (Å²) in [4.78, 5) is 204. The molecule has 29 heteroatoms. The first-order valence-electron chi connectivity index (χ1n) is 39.6. The smallest absolute Gasteiger partial charge is 0.329 e. The number of unbranched alkanes of at least 4 members (excludes halogenated alkanes) is 2. The zero-order chi connectivity index (χ0) is 82.4. The minimum atomic E-state index is -1.81. The highest BCUT2D eigenvalue weighted by Crippen LogP contribution is 2.27. The van der Waals surface area contributed by atoms with E-state index in [2.05, 4.69) is 58.5 Å². The van der Waals surface area contributed by atoms with Crippen molar-refractivity contribution in [1.82, 2.24) is 63.4 Å². The summed E-state index contributed by atoms with van der Waals surface area (Å²) in [5.41, 5.74) is 6.30. The van der Waals surface area contributed by atoms with E-state index in [4.69, 9.17) is 10.5 Å². The van der Waals surface area contributed by atoms with Crippen molar-refractivity contribution in [2.45, 2.75) is 301 Å². The van der Waals surface area contributed by atoms with Crippen LogP contribution in [0, 0.1) is 59.2 Å². The molecule has 0 spiro atoms. The third-order valence-electron chi connectivity index (χ3n) is 20.3. The van der Waals surface area contributed by atoms with E-state index in [0.717, 1.165) is 6.42 Å². The number of likely N-dealkylation sites (tertiary alicyclic amines) is 1. The van der Waals surface area contributed by atoms with Gasteiger partial charge in [-0.15, -0.1) is 0 Å². The second-order valence-electron chi connectivity index (χ2n) is 32.3. The molecule has 2 aliphatic rings. The lowest BCUT2D eigenvalue weighted by Crippen LogP contribution is -2.63. The molecule has 1 aromatic carbocycles. The minimum absolute atomic E-state index is 0.0335. The summed E-state index contributed by atoms with van der Waals surface area (Å²) < 4.78 is 6.04. The first-order chi connectivity index (χ1) is 51.1. The van der Waals surface area contributed by atoms with Gasteiger partial charge in [-0.1, -0.05) is 193 Å². The first kappa shape index (κ1) is 94.9. The van der Waals surface area contributed by atoms with Crippen LogP contribution in [0.3, 0.4) is 0 Å². The Hall–Kier alpha value is -8.34. The number of amides is 12. The molecular formula is C80H133N13O16. The van der Waals surface area contributed by atoms with Gasteiger partial charge >= 0.3 is 5.97 Å². The van der Waals surface area contributed by atoms with E-state index < -0.39 is 203 Å². The molecule has 2 aliphatic heterocycles. The predicted molar refractivity (Wildman–Crippen MR) is 415 cm³/mol. The molecule has 0 aliphatic carbocycles. The molecule has 0 radical (unpaired) electrons. The molecule has 109 heavy (non-hydrogen) atoms. The summed E-state index contributed by atoms with van der Waals surface area (Å²) in [6.07, 6.45) is 2.60. The van der Waals surface area contributed by atoms with Crippen LogP contribution in [-0.2, 0) is 78.3 Å². The van der Waals surface area contributed by atoms with Crippen LogP contribution in [-0.4, -0.2) is 184 Å². The number of esters is 1. The summed E-state index contributed by atoms with van der Waals surface area (Å²) in [5, 5.41) is 40.9. The van der Waals surface area contributed by atoms with E-state index >= 15 is 14.4 Å².